The zero-order chi connectivity index (χ0) is 27.1. The summed E-state index contributed by atoms with van der Waals surface area (Å²) < 4.78 is 44.2. The number of halogens is 4. The third-order valence-corrected chi connectivity index (χ3v) is 6.05. The van der Waals surface area contributed by atoms with Crippen molar-refractivity contribution in [3.8, 4) is 5.75 Å². The smallest absolute Gasteiger partial charge is 0.416 e. The first-order valence-corrected chi connectivity index (χ1v) is 12.2. The van der Waals surface area contributed by atoms with Crippen LogP contribution >= 0.6 is 11.6 Å². The number of aromatic nitrogens is 1. The third-order valence-electron chi connectivity index (χ3n) is 5.80. The van der Waals surface area contributed by atoms with Crippen LogP contribution in [0.4, 0.5) is 35.2 Å². The number of carbonyl (C=O) groups is 2. The van der Waals surface area contributed by atoms with Crippen LogP contribution in [0, 0.1) is 0 Å². The minimum atomic E-state index is -4.50. The summed E-state index contributed by atoms with van der Waals surface area (Å²) in [5.74, 6) is 1.14. The van der Waals surface area contributed by atoms with Gasteiger partial charge in [-0.15, -0.1) is 0 Å². The highest BCUT2D eigenvalue weighted by atomic mass is 35.5. The minimum Gasteiger partial charge on any atom is -0.484 e. The Morgan fingerprint density at radius 2 is 1.71 bits per heavy atom. The van der Waals surface area contributed by atoms with Gasteiger partial charge in [0.1, 0.15) is 11.6 Å². The fourth-order valence-corrected chi connectivity index (χ4v) is 4.00. The molecule has 0 atom stereocenters. The molecule has 1 aliphatic rings. The van der Waals surface area contributed by atoms with Gasteiger partial charge in [0, 0.05) is 36.9 Å². The van der Waals surface area contributed by atoms with E-state index in [9.17, 15) is 22.8 Å². The summed E-state index contributed by atoms with van der Waals surface area (Å²) in [6.45, 7) is 2.29. The molecule has 0 radical (unpaired) electrons. The minimum absolute atomic E-state index is 0.0177. The molecular weight excluding hydrogens is 523 g/mol. The van der Waals surface area contributed by atoms with Crippen LogP contribution in [-0.4, -0.2) is 54.6 Å². The number of anilines is 3. The molecule has 0 saturated carbocycles. The summed E-state index contributed by atoms with van der Waals surface area (Å²) in [5.41, 5.74) is -0.457. The number of urea groups is 1. The fraction of sp³-hybridized carbons (Fsp3) is 0.269. The summed E-state index contributed by atoms with van der Waals surface area (Å²) >= 11 is 5.86. The molecule has 12 heteroatoms. The van der Waals surface area contributed by atoms with Gasteiger partial charge < -0.3 is 25.2 Å². The number of nitrogens with zero attached hydrogens (tertiary/aromatic N) is 3. The fourth-order valence-electron chi connectivity index (χ4n) is 3.88. The van der Waals surface area contributed by atoms with Crippen LogP contribution in [0.2, 0.25) is 5.02 Å². The second kappa shape index (κ2) is 12.0. The van der Waals surface area contributed by atoms with Crippen LogP contribution in [0.5, 0.6) is 5.75 Å². The number of hydrogen-bond acceptors (Lipinski definition) is 5. The van der Waals surface area contributed by atoms with Gasteiger partial charge in [-0.2, -0.15) is 13.2 Å². The molecule has 1 fully saturated rings. The van der Waals surface area contributed by atoms with Gasteiger partial charge in [-0.3, -0.25) is 4.79 Å². The molecule has 2 aromatic carbocycles. The molecule has 0 unspecified atom stereocenters. The van der Waals surface area contributed by atoms with Crippen LogP contribution < -0.4 is 20.3 Å². The van der Waals surface area contributed by atoms with Crippen molar-refractivity contribution in [1.29, 1.82) is 0 Å². The van der Waals surface area contributed by atoms with Crippen molar-refractivity contribution >= 4 is 40.7 Å². The summed E-state index contributed by atoms with van der Waals surface area (Å²) in [6.07, 6.45) is -2.29. The molecule has 200 valence electrons. The maximum Gasteiger partial charge on any atom is 0.416 e. The highest BCUT2D eigenvalue weighted by Crippen LogP contribution is 2.30. The molecule has 8 nitrogen and oxygen atoms in total. The highest BCUT2D eigenvalue weighted by molar-refractivity contribution is 6.30. The maximum atomic E-state index is 12.9. The maximum absolute atomic E-state index is 12.9. The summed E-state index contributed by atoms with van der Waals surface area (Å²) in [5, 5.41) is 5.53. The topological polar surface area (TPSA) is 86.8 Å². The highest BCUT2D eigenvalue weighted by Gasteiger charge is 2.30. The van der Waals surface area contributed by atoms with Crippen molar-refractivity contribution in [2.75, 3.05) is 48.3 Å². The molecule has 1 aliphatic heterocycles. The molecule has 0 bridgehead atoms. The first kappa shape index (κ1) is 27.1. The molecule has 2 heterocycles. The number of carbonyl (C=O) groups excluding carboxylic acids is 2. The van der Waals surface area contributed by atoms with Gasteiger partial charge >= 0.3 is 12.2 Å². The van der Waals surface area contributed by atoms with Crippen molar-refractivity contribution in [2.45, 2.75) is 12.6 Å². The van der Waals surface area contributed by atoms with Crippen LogP contribution in [0.25, 0.3) is 0 Å². The normalized spacial score (nSPS) is 14.0. The molecule has 1 saturated heterocycles. The van der Waals surface area contributed by atoms with E-state index in [1.807, 2.05) is 4.90 Å². The van der Waals surface area contributed by atoms with Gasteiger partial charge in [0.2, 0.25) is 0 Å². The predicted octanol–water partition coefficient (Wildman–Crippen LogP) is 5.52. The van der Waals surface area contributed by atoms with Gasteiger partial charge in [-0.1, -0.05) is 17.7 Å². The van der Waals surface area contributed by atoms with Crippen molar-refractivity contribution in [3.05, 3.63) is 77.4 Å². The first-order valence-electron chi connectivity index (χ1n) is 11.8. The molecule has 1 aromatic heterocycles. The summed E-state index contributed by atoms with van der Waals surface area (Å²) in [6, 6.07) is 13.9. The van der Waals surface area contributed by atoms with Gasteiger partial charge in [0.15, 0.2) is 6.61 Å². The van der Waals surface area contributed by atoms with Gasteiger partial charge in [0.05, 0.1) is 17.4 Å². The lowest BCUT2D eigenvalue weighted by Gasteiger charge is -2.23. The molecule has 38 heavy (non-hydrogen) atoms. The molecule has 0 spiro atoms. The Morgan fingerprint density at radius 3 is 2.42 bits per heavy atom. The standard InChI is InChI=1S/C26H25ClF3N5O3/c27-19-5-8-22(9-6-19)38-17-24(36)35-12-2-11-34(13-14-35)23-10-7-21(16-31-23)33-25(37)32-20-4-1-3-18(15-20)26(28,29)30/h1,3-10,15-16H,2,11-14,17H2,(H2,32,33,37). The lowest BCUT2D eigenvalue weighted by molar-refractivity contribution is -0.137. The van der Waals surface area contributed by atoms with E-state index in [2.05, 4.69) is 15.6 Å². The molecule has 3 amide bonds. The van der Waals surface area contributed by atoms with Crippen molar-refractivity contribution in [2.24, 2.45) is 0 Å². The Kier molecular flexibility index (Phi) is 8.57. The number of nitrogens with one attached hydrogen (secondary N) is 2. The van der Waals surface area contributed by atoms with E-state index < -0.39 is 17.8 Å². The number of pyridine rings is 1. The number of ether oxygens (including phenoxy) is 1. The predicted molar refractivity (Wildman–Crippen MR) is 139 cm³/mol. The van der Waals surface area contributed by atoms with E-state index in [1.165, 1.54) is 18.3 Å². The Hall–Kier alpha value is -3.99. The number of rotatable bonds is 6. The van der Waals surface area contributed by atoms with Gasteiger partial charge in [-0.05, 0) is 61.0 Å². The van der Waals surface area contributed by atoms with Crippen molar-refractivity contribution in [1.82, 2.24) is 9.88 Å². The zero-order valence-electron chi connectivity index (χ0n) is 20.2. The largest absolute Gasteiger partial charge is 0.484 e. The Bertz CT molecular complexity index is 1260. The average Bonchev–Trinajstić information content (AvgIpc) is 3.15. The zero-order valence-corrected chi connectivity index (χ0v) is 20.9. The summed E-state index contributed by atoms with van der Waals surface area (Å²) in [4.78, 5) is 33.1. The summed E-state index contributed by atoms with van der Waals surface area (Å²) in [7, 11) is 0. The molecule has 0 aliphatic carbocycles. The Labute approximate surface area is 222 Å². The van der Waals surface area contributed by atoms with Crippen LogP contribution in [0.3, 0.4) is 0 Å². The van der Waals surface area contributed by atoms with E-state index in [1.54, 1.807) is 41.3 Å². The van der Waals surface area contributed by atoms with E-state index >= 15 is 0 Å². The van der Waals surface area contributed by atoms with E-state index in [0.29, 0.717) is 48.5 Å². The first-order chi connectivity index (χ1) is 18.2. The molecule has 4 rings (SSSR count). The van der Waals surface area contributed by atoms with E-state index in [-0.39, 0.29) is 18.2 Å². The SMILES string of the molecule is O=C(Nc1ccc(N2CCCN(C(=O)COc3ccc(Cl)cc3)CC2)nc1)Nc1cccc(C(F)(F)F)c1. The van der Waals surface area contributed by atoms with Crippen LogP contribution in [-0.2, 0) is 11.0 Å². The lowest BCUT2D eigenvalue weighted by atomic mass is 10.2. The second-order valence-electron chi connectivity index (χ2n) is 8.53. The van der Waals surface area contributed by atoms with E-state index in [0.717, 1.165) is 18.6 Å². The van der Waals surface area contributed by atoms with Crippen LogP contribution in [0.1, 0.15) is 12.0 Å². The van der Waals surface area contributed by atoms with Gasteiger partial charge in [-0.25, -0.2) is 9.78 Å². The number of hydrogen-bond donors (Lipinski definition) is 2. The lowest BCUT2D eigenvalue weighted by Crippen LogP contribution is -2.38. The molecule has 3 aromatic rings. The average molecular weight is 548 g/mol. The van der Waals surface area contributed by atoms with Crippen LogP contribution in [0.15, 0.2) is 66.9 Å². The second-order valence-corrected chi connectivity index (χ2v) is 8.96. The number of alkyl halides is 3. The molecule has 2 N–H and O–H groups in total. The Balaban J connectivity index is 1.26. The van der Waals surface area contributed by atoms with Crippen molar-refractivity contribution in [3.63, 3.8) is 0 Å². The molecular formula is C26H25ClF3N5O3. The quantitative estimate of drug-likeness (QED) is 0.425. The number of amides is 3. The van der Waals surface area contributed by atoms with Crippen molar-refractivity contribution < 1.29 is 27.5 Å². The van der Waals surface area contributed by atoms with E-state index in [4.69, 9.17) is 16.3 Å². The van der Waals surface area contributed by atoms with Gasteiger partial charge in [0.25, 0.3) is 5.91 Å². The number of benzene rings is 2. The third kappa shape index (κ3) is 7.51. The Morgan fingerprint density at radius 1 is 0.947 bits per heavy atom. The monoisotopic (exact) mass is 547 g/mol.